The number of nitrogens with zero attached hydrogens (tertiary/aromatic N) is 1. The summed E-state index contributed by atoms with van der Waals surface area (Å²) in [5, 5.41) is 3.74. The number of nitrogens with one attached hydrogen (secondary N) is 1. The Balaban J connectivity index is 1.91. The van der Waals surface area contributed by atoms with Crippen LogP contribution in [-0.4, -0.2) is 18.0 Å². The van der Waals surface area contributed by atoms with Crippen molar-refractivity contribution in [3.05, 3.63) is 65.3 Å². The second kappa shape index (κ2) is 6.62. The summed E-state index contributed by atoms with van der Waals surface area (Å²) in [5.41, 5.74) is 2.12. The van der Waals surface area contributed by atoms with Crippen LogP contribution in [0.2, 0.25) is 0 Å². The van der Waals surface area contributed by atoms with Crippen molar-refractivity contribution >= 4 is 22.9 Å². The van der Waals surface area contributed by atoms with E-state index in [4.69, 9.17) is 4.74 Å². The van der Waals surface area contributed by atoms with E-state index in [2.05, 4.69) is 10.3 Å². The normalized spacial score (nSPS) is 10.3. The van der Waals surface area contributed by atoms with Gasteiger partial charge >= 0.3 is 0 Å². The molecule has 0 bridgehead atoms. The van der Waals surface area contributed by atoms with Gasteiger partial charge < -0.3 is 10.1 Å². The Morgan fingerprint density at radius 1 is 1.13 bits per heavy atom. The van der Waals surface area contributed by atoms with E-state index in [0.29, 0.717) is 17.1 Å². The van der Waals surface area contributed by atoms with E-state index >= 15 is 0 Å². The standard InChI is InChI=1S/C18H16N2O2S/c1-12-19-16(17(23-12)13-7-4-3-5-8-13)18(21)20-14-9-6-10-15(11-14)22-2/h3-11H,1-2H3,(H,20,21). The number of hydrogen-bond acceptors (Lipinski definition) is 4. The Kier molecular flexibility index (Phi) is 4.39. The van der Waals surface area contributed by atoms with Gasteiger partial charge in [0, 0.05) is 11.8 Å². The van der Waals surface area contributed by atoms with E-state index in [1.165, 1.54) is 11.3 Å². The third kappa shape index (κ3) is 3.40. The fraction of sp³-hybridized carbons (Fsp3) is 0.111. The van der Waals surface area contributed by atoms with Crippen molar-refractivity contribution in [2.24, 2.45) is 0 Å². The lowest BCUT2D eigenvalue weighted by atomic mass is 10.1. The van der Waals surface area contributed by atoms with Crippen molar-refractivity contribution in [2.45, 2.75) is 6.92 Å². The molecular weight excluding hydrogens is 308 g/mol. The predicted molar refractivity (Wildman–Crippen MR) is 93.2 cm³/mol. The summed E-state index contributed by atoms with van der Waals surface area (Å²) in [6.07, 6.45) is 0. The smallest absolute Gasteiger partial charge is 0.275 e. The summed E-state index contributed by atoms with van der Waals surface area (Å²) < 4.78 is 5.17. The van der Waals surface area contributed by atoms with Gasteiger partial charge in [-0.2, -0.15) is 0 Å². The minimum absolute atomic E-state index is 0.221. The summed E-state index contributed by atoms with van der Waals surface area (Å²) in [6.45, 7) is 1.90. The van der Waals surface area contributed by atoms with Crippen LogP contribution < -0.4 is 10.1 Å². The van der Waals surface area contributed by atoms with Crippen molar-refractivity contribution in [3.63, 3.8) is 0 Å². The summed E-state index contributed by atoms with van der Waals surface area (Å²) >= 11 is 1.52. The first-order chi connectivity index (χ1) is 11.2. The minimum Gasteiger partial charge on any atom is -0.497 e. The summed E-state index contributed by atoms with van der Waals surface area (Å²) in [6, 6.07) is 17.1. The van der Waals surface area contributed by atoms with Crippen molar-refractivity contribution in [3.8, 4) is 16.2 Å². The maximum Gasteiger partial charge on any atom is 0.275 e. The summed E-state index contributed by atoms with van der Waals surface area (Å²) in [7, 11) is 1.60. The number of anilines is 1. The molecule has 1 N–H and O–H groups in total. The molecule has 1 aromatic heterocycles. The van der Waals surface area contributed by atoms with Crippen LogP contribution in [0.4, 0.5) is 5.69 Å². The fourth-order valence-corrected chi connectivity index (χ4v) is 3.18. The number of benzene rings is 2. The van der Waals surface area contributed by atoms with Crippen LogP contribution in [0.25, 0.3) is 10.4 Å². The molecular formula is C18H16N2O2S. The zero-order chi connectivity index (χ0) is 16.2. The zero-order valence-corrected chi connectivity index (χ0v) is 13.7. The van der Waals surface area contributed by atoms with Crippen LogP contribution in [0.1, 0.15) is 15.5 Å². The average Bonchev–Trinajstić information content (AvgIpc) is 2.98. The van der Waals surface area contributed by atoms with Gasteiger partial charge in [-0.25, -0.2) is 4.98 Å². The van der Waals surface area contributed by atoms with Crippen LogP contribution in [0.5, 0.6) is 5.75 Å². The second-order valence-electron chi connectivity index (χ2n) is 4.96. The molecule has 0 aliphatic carbocycles. The Morgan fingerprint density at radius 3 is 2.65 bits per heavy atom. The first kappa shape index (κ1) is 15.2. The molecule has 0 saturated heterocycles. The van der Waals surface area contributed by atoms with Crippen LogP contribution in [0.3, 0.4) is 0 Å². The number of hydrogen-bond donors (Lipinski definition) is 1. The molecule has 23 heavy (non-hydrogen) atoms. The van der Waals surface area contributed by atoms with Gasteiger partial charge in [-0.05, 0) is 24.6 Å². The van der Waals surface area contributed by atoms with Crippen LogP contribution in [-0.2, 0) is 0 Å². The first-order valence-electron chi connectivity index (χ1n) is 7.15. The average molecular weight is 324 g/mol. The third-order valence-electron chi connectivity index (χ3n) is 3.31. The number of aryl methyl sites for hydroxylation is 1. The molecule has 0 aliphatic heterocycles. The molecule has 1 heterocycles. The third-order valence-corrected chi connectivity index (χ3v) is 4.33. The lowest BCUT2D eigenvalue weighted by molar-refractivity contribution is 0.102. The highest BCUT2D eigenvalue weighted by Gasteiger charge is 2.18. The quantitative estimate of drug-likeness (QED) is 0.775. The van der Waals surface area contributed by atoms with Crippen LogP contribution in [0.15, 0.2) is 54.6 Å². The van der Waals surface area contributed by atoms with Crippen molar-refractivity contribution in [2.75, 3.05) is 12.4 Å². The number of amides is 1. The molecule has 0 aliphatic rings. The second-order valence-corrected chi connectivity index (χ2v) is 6.17. The Morgan fingerprint density at radius 2 is 1.91 bits per heavy atom. The van der Waals surface area contributed by atoms with Crippen molar-refractivity contribution in [1.29, 1.82) is 0 Å². The molecule has 0 unspecified atom stereocenters. The maximum absolute atomic E-state index is 12.6. The van der Waals surface area contributed by atoms with Gasteiger partial charge in [-0.3, -0.25) is 4.79 Å². The largest absolute Gasteiger partial charge is 0.497 e. The van der Waals surface area contributed by atoms with E-state index in [1.807, 2.05) is 55.5 Å². The molecule has 4 nitrogen and oxygen atoms in total. The first-order valence-corrected chi connectivity index (χ1v) is 7.97. The van der Waals surface area contributed by atoms with E-state index in [9.17, 15) is 4.79 Å². The summed E-state index contributed by atoms with van der Waals surface area (Å²) in [5.74, 6) is 0.474. The van der Waals surface area contributed by atoms with Gasteiger partial charge in [0.15, 0.2) is 0 Å². The van der Waals surface area contributed by atoms with Gasteiger partial charge in [0.2, 0.25) is 0 Å². The molecule has 1 amide bonds. The highest BCUT2D eigenvalue weighted by Crippen LogP contribution is 2.30. The molecule has 0 fully saturated rings. The number of carbonyl (C=O) groups is 1. The summed E-state index contributed by atoms with van der Waals surface area (Å²) in [4.78, 5) is 17.9. The predicted octanol–water partition coefficient (Wildman–Crippen LogP) is 4.38. The van der Waals surface area contributed by atoms with Crippen molar-refractivity contribution < 1.29 is 9.53 Å². The molecule has 0 radical (unpaired) electrons. The molecule has 0 saturated carbocycles. The number of ether oxygens (including phenoxy) is 1. The Hall–Kier alpha value is -2.66. The minimum atomic E-state index is -0.221. The molecule has 2 aromatic carbocycles. The highest BCUT2D eigenvalue weighted by atomic mass is 32.1. The van der Waals surface area contributed by atoms with E-state index in [-0.39, 0.29) is 5.91 Å². The molecule has 0 atom stereocenters. The molecule has 116 valence electrons. The van der Waals surface area contributed by atoms with E-state index < -0.39 is 0 Å². The van der Waals surface area contributed by atoms with E-state index in [0.717, 1.165) is 15.4 Å². The molecule has 3 rings (SSSR count). The van der Waals surface area contributed by atoms with Gasteiger partial charge in [0.25, 0.3) is 5.91 Å². The molecule has 3 aromatic rings. The zero-order valence-electron chi connectivity index (χ0n) is 12.9. The number of thiazole rings is 1. The Labute approximate surface area is 138 Å². The topological polar surface area (TPSA) is 51.2 Å². The molecule has 5 heteroatoms. The number of aromatic nitrogens is 1. The number of methoxy groups -OCH3 is 1. The monoisotopic (exact) mass is 324 g/mol. The molecule has 0 spiro atoms. The number of rotatable bonds is 4. The van der Waals surface area contributed by atoms with Crippen LogP contribution in [0, 0.1) is 6.92 Å². The van der Waals surface area contributed by atoms with Gasteiger partial charge in [-0.1, -0.05) is 36.4 Å². The van der Waals surface area contributed by atoms with Gasteiger partial charge in [0.05, 0.1) is 17.0 Å². The lowest BCUT2D eigenvalue weighted by Gasteiger charge is -2.07. The Bertz CT molecular complexity index is 828. The van der Waals surface area contributed by atoms with Gasteiger partial charge in [0.1, 0.15) is 11.4 Å². The highest BCUT2D eigenvalue weighted by molar-refractivity contribution is 7.15. The SMILES string of the molecule is COc1cccc(NC(=O)c2nc(C)sc2-c2ccccc2)c1. The van der Waals surface area contributed by atoms with Gasteiger partial charge in [-0.15, -0.1) is 11.3 Å². The van der Waals surface area contributed by atoms with E-state index in [1.54, 1.807) is 13.2 Å². The lowest BCUT2D eigenvalue weighted by Crippen LogP contribution is -2.13. The fourth-order valence-electron chi connectivity index (χ4n) is 2.26. The maximum atomic E-state index is 12.6. The van der Waals surface area contributed by atoms with Crippen molar-refractivity contribution in [1.82, 2.24) is 4.98 Å². The number of carbonyl (C=O) groups excluding carboxylic acids is 1. The van der Waals surface area contributed by atoms with Crippen LogP contribution >= 0.6 is 11.3 Å².